The lowest BCUT2D eigenvalue weighted by molar-refractivity contribution is -0.116. The van der Waals surface area contributed by atoms with Crippen LogP contribution in [0, 0.1) is 12.7 Å². The number of nitrogens with zero attached hydrogens (tertiary/aromatic N) is 3. The van der Waals surface area contributed by atoms with Gasteiger partial charge in [-0.05, 0) is 55.5 Å². The summed E-state index contributed by atoms with van der Waals surface area (Å²) in [5, 5.41) is 2.89. The van der Waals surface area contributed by atoms with Gasteiger partial charge in [0.25, 0.3) is 5.56 Å². The highest BCUT2D eigenvalue weighted by Gasteiger charge is 2.17. The fourth-order valence-electron chi connectivity index (χ4n) is 3.77. The monoisotopic (exact) mass is 426 g/mol. The maximum Gasteiger partial charge on any atom is 0.260 e. The number of hydrogen-bond donors (Lipinski definition) is 1. The first-order chi connectivity index (χ1) is 15.5. The van der Waals surface area contributed by atoms with E-state index in [4.69, 9.17) is 0 Å². The number of amides is 1. The molecule has 0 radical (unpaired) electrons. The van der Waals surface area contributed by atoms with Crippen molar-refractivity contribution in [1.82, 2.24) is 14.0 Å². The van der Waals surface area contributed by atoms with Gasteiger partial charge in [0.05, 0.1) is 16.7 Å². The summed E-state index contributed by atoms with van der Waals surface area (Å²) in [4.78, 5) is 30.5. The SMILES string of the molecule is Cc1ccc(NC(=O)Cn2c3ccccc3n3c(=O)cc(-c4ccc(F)cc4)nc23)cc1. The Morgan fingerprint density at radius 3 is 2.38 bits per heavy atom. The summed E-state index contributed by atoms with van der Waals surface area (Å²) >= 11 is 0. The summed E-state index contributed by atoms with van der Waals surface area (Å²) in [7, 11) is 0. The van der Waals surface area contributed by atoms with Crippen molar-refractivity contribution >= 4 is 28.4 Å². The summed E-state index contributed by atoms with van der Waals surface area (Å²) in [6.45, 7) is 1.95. The zero-order chi connectivity index (χ0) is 22.2. The van der Waals surface area contributed by atoms with E-state index < -0.39 is 0 Å². The van der Waals surface area contributed by atoms with Gasteiger partial charge in [0.1, 0.15) is 12.4 Å². The van der Waals surface area contributed by atoms with Crippen LogP contribution in [0.3, 0.4) is 0 Å². The molecule has 2 heterocycles. The lowest BCUT2D eigenvalue weighted by Crippen LogP contribution is -2.20. The van der Waals surface area contributed by atoms with E-state index in [1.165, 1.54) is 22.6 Å². The molecule has 0 fully saturated rings. The summed E-state index contributed by atoms with van der Waals surface area (Å²) in [6.07, 6.45) is 0. The normalized spacial score (nSPS) is 11.2. The van der Waals surface area contributed by atoms with E-state index in [0.717, 1.165) is 5.56 Å². The summed E-state index contributed by atoms with van der Waals surface area (Å²) in [5.74, 6) is -0.260. The Labute approximate surface area is 182 Å². The molecule has 32 heavy (non-hydrogen) atoms. The number of imidazole rings is 1. The number of carbonyl (C=O) groups is 1. The van der Waals surface area contributed by atoms with E-state index in [2.05, 4.69) is 10.3 Å². The molecule has 158 valence electrons. The molecule has 0 spiro atoms. The van der Waals surface area contributed by atoms with Crippen LogP contribution in [0.4, 0.5) is 10.1 Å². The molecule has 0 saturated carbocycles. The standard InChI is InChI=1S/C25H19FN4O2/c1-16-6-12-19(13-7-16)27-23(31)15-29-21-4-2-3-5-22(21)30-24(32)14-20(28-25(29)30)17-8-10-18(26)11-9-17/h2-14H,15H2,1H3,(H,27,31). The van der Waals surface area contributed by atoms with Gasteiger partial charge in [0.2, 0.25) is 11.7 Å². The Bertz CT molecular complexity index is 1520. The Balaban J connectivity index is 1.62. The number of benzene rings is 3. The predicted molar refractivity (Wildman–Crippen MR) is 122 cm³/mol. The van der Waals surface area contributed by atoms with Gasteiger partial charge in [-0.2, -0.15) is 0 Å². The third-order valence-electron chi connectivity index (χ3n) is 5.33. The molecule has 0 aliphatic rings. The lowest BCUT2D eigenvalue weighted by Gasteiger charge is -2.09. The molecule has 1 N–H and O–H groups in total. The first kappa shape index (κ1) is 19.7. The van der Waals surface area contributed by atoms with E-state index >= 15 is 0 Å². The first-order valence-electron chi connectivity index (χ1n) is 10.1. The van der Waals surface area contributed by atoms with Gasteiger partial charge in [-0.3, -0.25) is 9.59 Å². The average molecular weight is 426 g/mol. The van der Waals surface area contributed by atoms with Crippen LogP contribution in [0.1, 0.15) is 5.56 Å². The van der Waals surface area contributed by atoms with E-state index in [-0.39, 0.29) is 23.8 Å². The molecule has 5 rings (SSSR count). The van der Waals surface area contributed by atoms with Gasteiger partial charge in [-0.25, -0.2) is 13.8 Å². The molecule has 0 saturated heterocycles. The summed E-state index contributed by atoms with van der Waals surface area (Å²) in [6, 6.07) is 22.1. The molecule has 0 aliphatic heterocycles. The van der Waals surface area contributed by atoms with Gasteiger partial charge in [0.15, 0.2) is 0 Å². The second-order valence-electron chi connectivity index (χ2n) is 7.61. The minimum absolute atomic E-state index is 0.0236. The Morgan fingerprint density at radius 2 is 1.66 bits per heavy atom. The third-order valence-corrected chi connectivity index (χ3v) is 5.33. The minimum atomic E-state index is -0.367. The number of halogens is 1. The second-order valence-corrected chi connectivity index (χ2v) is 7.61. The van der Waals surface area contributed by atoms with E-state index in [0.29, 0.717) is 33.8 Å². The summed E-state index contributed by atoms with van der Waals surface area (Å²) in [5.41, 5.74) is 3.93. The minimum Gasteiger partial charge on any atom is -0.325 e. The molecule has 0 unspecified atom stereocenters. The van der Waals surface area contributed by atoms with Crippen molar-refractivity contribution in [3.8, 4) is 11.3 Å². The van der Waals surface area contributed by atoms with E-state index in [1.807, 2.05) is 55.5 Å². The number of carbonyl (C=O) groups excluding carboxylic acids is 1. The molecule has 7 heteroatoms. The highest BCUT2D eigenvalue weighted by Crippen LogP contribution is 2.22. The molecular weight excluding hydrogens is 407 g/mol. The molecule has 0 aliphatic carbocycles. The number of aromatic nitrogens is 3. The molecule has 3 aromatic carbocycles. The van der Waals surface area contributed by atoms with Crippen molar-refractivity contribution in [3.63, 3.8) is 0 Å². The zero-order valence-electron chi connectivity index (χ0n) is 17.2. The predicted octanol–water partition coefficient (Wildman–Crippen LogP) is 4.40. The number of nitrogens with one attached hydrogen (secondary N) is 1. The molecular formula is C25H19FN4O2. The third kappa shape index (κ3) is 3.54. The van der Waals surface area contributed by atoms with Gasteiger partial charge < -0.3 is 9.88 Å². The number of aryl methyl sites for hydroxylation is 1. The van der Waals surface area contributed by atoms with Gasteiger partial charge >= 0.3 is 0 Å². The Kier molecular flexibility index (Phi) is 4.78. The lowest BCUT2D eigenvalue weighted by atomic mass is 10.1. The molecule has 1 amide bonds. The number of anilines is 1. The van der Waals surface area contributed by atoms with Crippen molar-refractivity contribution < 1.29 is 9.18 Å². The molecule has 0 atom stereocenters. The number of fused-ring (bicyclic) bond motifs is 3. The van der Waals surface area contributed by atoms with Crippen molar-refractivity contribution in [3.05, 3.63) is 101 Å². The van der Waals surface area contributed by atoms with Crippen molar-refractivity contribution in [2.24, 2.45) is 0 Å². The largest absolute Gasteiger partial charge is 0.325 e. The quantitative estimate of drug-likeness (QED) is 0.463. The average Bonchev–Trinajstić information content (AvgIpc) is 3.10. The fraction of sp³-hybridized carbons (Fsp3) is 0.0800. The van der Waals surface area contributed by atoms with Crippen molar-refractivity contribution in [2.45, 2.75) is 13.5 Å². The molecule has 5 aromatic rings. The Hall–Kier alpha value is -4.26. The topological polar surface area (TPSA) is 68.4 Å². The van der Waals surface area contributed by atoms with Gasteiger partial charge in [-0.15, -0.1) is 0 Å². The van der Waals surface area contributed by atoms with Crippen molar-refractivity contribution in [2.75, 3.05) is 5.32 Å². The van der Waals surface area contributed by atoms with Crippen LogP contribution in [0.2, 0.25) is 0 Å². The van der Waals surface area contributed by atoms with Crippen LogP contribution >= 0.6 is 0 Å². The van der Waals surface area contributed by atoms with Crippen LogP contribution in [0.25, 0.3) is 28.1 Å². The van der Waals surface area contributed by atoms with Gasteiger partial charge in [0, 0.05) is 17.3 Å². The molecule has 0 bridgehead atoms. The summed E-state index contributed by atoms with van der Waals surface area (Å²) < 4.78 is 16.6. The highest BCUT2D eigenvalue weighted by atomic mass is 19.1. The van der Waals surface area contributed by atoms with Crippen LogP contribution in [0.5, 0.6) is 0 Å². The van der Waals surface area contributed by atoms with Crippen molar-refractivity contribution in [1.29, 1.82) is 0 Å². The Morgan fingerprint density at radius 1 is 0.969 bits per heavy atom. The number of hydrogen-bond acceptors (Lipinski definition) is 3. The van der Waals surface area contributed by atoms with Crippen LogP contribution in [-0.2, 0) is 11.3 Å². The fourth-order valence-corrected chi connectivity index (χ4v) is 3.77. The van der Waals surface area contributed by atoms with Gasteiger partial charge in [-0.1, -0.05) is 29.8 Å². The number of para-hydroxylation sites is 2. The van der Waals surface area contributed by atoms with Crippen LogP contribution in [-0.4, -0.2) is 19.9 Å². The maximum atomic E-state index is 13.3. The smallest absolute Gasteiger partial charge is 0.260 e. The van der Waals surface area contributed by atoms with Crippen LogP contribution < -0.4 is 10.9 Å². The second kappa shape index (κ2) is 7.77. The van der Waals surface area contributed by atoms with E-state index in [1.54, 1.807) is 16.7 Å². The first-order valence-corrected chi connectivity index (χ1v) is 10.1. The zero-order valence-corrected chi connectivity index (χ0v) is 17.2. The van der Waals surface area contributed by atoms with E-state index in [9.17, 15) is 14.0 Å². The number of rotatable bonds is 4. The maximum absolute atomic E-state index is 13.3. The molecule has 6 nitrogen and oxygen atoms in total. The molecule has 2 aromatic heterocycles. The van der Waals surface area contributed by atoms with Crippen LogP contribution in [0.15, 0.2) is 83.7 Å². The highest BCUT2D eigenvalue weighted by molar-refractivity contribution is 5.92.